The monoisotopic (exact) mass is 369 g/mol. The van der Waals surface area contributed by atoms with Gasteiger partial charge < -0.3 is 0 Å². The Bertz CT molecular complexity index is 837. The van der Waals surface area contributed by atoms with Crippen molar-refractivity contribution in [3.8, 4) is 0 Å². The maximum absolute atomic E-state index is 2.32. The number of hydrogen-bond donors (Lipinski definition) is 0. The molecule has 97 valence electrons. The van der Waals surface area contributed by atoms with Crippen molar-refractivity contribution >= 4 is 51.1 Å². The molecule has 0 fully saturated rings. The van der Waals surface area contributed by atoms with Crippen molar-refractivity contribution in [2.45, 2.75) is 0 Å². The first-order chi connectivity index (χ1) is 10.4. The van der Waals surface area contributed by atoms with Crippen LogP contribution in [0.25, 0.3) is 21.5 Å². The Morgan fingerprint density at radius 1 is 0.429 bits per heavy atom. The summed E-state index contributed by atoms with van der Waals surface area (Å²) in [4.78, 5) is 0. The van der Waals surface area contributed by atoms with E-state index in [2.05, 4.69) is 84.9 Å². The molecule has 0 aliphatic heterocycles. The molecule has 4 rings (SSSR count). The van der Waals surface area contributed by atoms with E-state index >= 15 is 0 Å². The van der Waals surface area contributed by atoms with Crippen molar-refractivity contribution in [2.75, 3.05) is 0 Å². The third-order valence-electron chi connectivity index (χ3n) is 3.96. The maximum atomic E-state index is 2.32. The summed E-state index contributed by atoms with van der Waals surface area (Å²) in [5.41, 5.74) is 0. The summed E-state index contributed by atoms with van der Waals surface area (Å²) in [5.74, 6) is 0. The van der Waals surface area contributed by atoms with Crippen molar-refractivity contribution in [3.63, 3.8) is 0 Å². The van der Waals surface area contributed by atoms with Crippen LogP contribution in [0.1, 0.15) is 0 Å². The average Bonchev–Trinajstić information content (AvgIpc) is 2.56. The second-order valence-corrected chi connectivity index (χ2v) is 9.66. The molecule has 0 amide bonds. The van der Waals surface area contributed by atoms with Crippen LogP contribution in [-0.2, 0) is 0 Å². The topological polar surface area (TPSA) is 0 Å². The first-order valence-electron chi connectivity index (χ1n) is 7.22. The van der Waals surface area contributed by atoms with Gasteiger partial charge in [0.2, 0.25) is 0 Å². The minimum atomic E-state index is -1.01. The molecule has 0 nitrogen and oxygen atoms in total. The summed E-state index contributed by atoms with van der Waals surface area (Å²) in [6, 6.07) is 31.0. The van der Waals surface area contributed by atoms with Crippen LogP contribution in [0.5, 0.6) is 0 Å². The van der Waals surface area contributed by atoms with Gasteiger partial charge in [0.25, 0.3) is 0 Å². The average molecular weight is 369 g/mol. The number of hydrogen-bond acceptors (Lipinski definition) is 0. The van der Waals surface area contributed by atoms with E-state index in [1.165, 1.54) is 21.5 Å². The Morgan fingerprint density at radius 2 is 0.857 bits per heavy atom. The number of fused-ring (bicyclic) bond motifs is 2. The molecule has 1 radical (unpaired) electrons. The van der Waals surface area contributed by atoms with Crippen LogP contribution in [0.4, 0.5) is 0 Å². The predicted octanol–water partition coefficient (Wildman–Crippen LogP) is 3.65. The molecule has 0 atom stereocenters. The van der Waals surface area contributed by atoms with E-state index in [0.29, 0.717) is 0 Å². The minimum absolute atomic E-state index is 1.01. The third-order valence-corrected chi connectivity index (χ3v) is 8.61. The molecule has 0 saturated heterocycles. The first-order valence-corrected chi connectivity index (χ1v) is 10.5. The Hall–Kier alpha value is -1.73. The molecule has 0 heterocycles. The Labute approximate surface area is 135 Å². The van der Waals surface area contributed by atoms with E-state index in [1.54, 1.807) is 6.64 Å². The Morgan fingerprint density at radius 3 is 1.38 bits per heavy atom. The third kappa shape index (κ3) is 2.47. The van der Waals surface area contributed by atoms with Crippen LogP contribution < -0.4 is 6.64 Å². The fourth-order valence-corrected chi connectivity index (χ4v) is 7.45. The van der Waals surface area contributed by atoms with Crippen molar-refractivity contribution < 1.29 is 0 Å². The van der Waals surface area contributed by atoms with Crippen LogP contribution in [0.15, 0.2) is 84.9 Å². The van der Waals surface area contributed by atoms with Gasteiger partial charge in [0.05, 0.1) is 0 Å². The molecule has 0 aliphatic carbocycles. The first kappa shape index (κ1) is 13.0. The van der Waals surface area contributed by atoms with E-state index in [1.807, 2.05) is 0 Å². The molecule has 4 aromatic rings. The van der Waals surface area contributed by atoms with Crippen LogP contribution >= 0.6 is 0 Å². The summed E-state index contributed by atoms with van der Waals surface area (Å²) >= 11 is -1.01. The van der Waals surface area contributed by atoms with E-state index < -0.39 is 22.9 Å². The molecule has 0 aromatic heterocycles. The SMILES string of the molecule is c1ccc2[c]([In][c]3cccc4ccccc34)cccc2c1. The molecule has 0 saturated carbocycles. The fourth-order valence-electron chi connectivity index (χ4n) is 2.92. The van der Waals surface area contributed by atoms with Crippen molar-refractivity contribution in [1.29, 1.82) is 0 Å². The predicted molar refractivity (Wildman–Crippen MR) is 92.9 cm³/mol. The van der Waals surface area contributed by atoms with Gasteiger partial charge in [-0.1, -0.05) is 0 Å². The summed E-state index contributed by atoms with van der Waals surface area (Å²) in [6.45, 7) is 0. The van der Waals surface area contributed by atoms with Crippen LogP contribution in [-0.4, -0.2) is 22.9 Å². The van der Waals surface area contributed by atoms with Crippen LogP contribution in [0.2, 0.25) is 0 Å². The number of benzene rings is 4. The molecular weight excluding hydrogens is 355 g/mol. The summed E-state index contributed by atoms with van der Waals surface area (Å²) in [7, 11) is 0. The fraction of sp³-hybridized carbons (Fsp3) is 0. The van der Waals surface area contributed by atoms with Gasteiger partial charge in [-0.25, -0.2) is 0 Å². The molecule has 0 unspecified atom stereocenters. The van der Waals surface area contributed by atoms with Gasteiger partial charge in [-0.2, -0.15) is 0 Å². The summed E-state index contributed by atoms with van der Waals surface area (Å²) < 4.78 is 3.17. The van der Waals surface area contributed by atoms with Crippen molar-refractivity contribution in [2.24, 2.45) is 0 Å². The second-order valence-electron chi connectivity index (χ2n) is 5.28. The second kappa shape index (κ2) is 5.57. The molecule has 21 heavy (non-hydrogen) atoms. The number of rotatable bonds is 2. The van der Waals surface area contributed by atoms with Gasteiger partial charge in [-0.3, -0.25) is 0 Å². The van der Waals surface area contributed by atoms with Gasteiger partial charge >= 0.3 is 136 Å². The van der Waals surface area contributed by atoms with Crippen molar-refractivity contribution in [3.05, 3.63) is 84.9 Å². The molecular formula is C20H14In. The molecule has 0 N–H and O–H groups in total. The van der Waals surface area contributed by atoms with E-state index in [4.69, 9.17) is 0 Å². The summed E-state index contributed by atoms with van der Waals surface area (Å²) in [5, 5.41) is 5.60. The van der Waals surface area contributed by atoms with E-state index in [9.17, 15) is 0 Å². The zero-order valence-corrected chi connectivity index (χ0v) is 15.0. The summed E-state index contributed by atoms with van der Waals surface area (Å²) in [6.07, 6.45) is 0. The van der Waals surface area contributed by atoms with Gasteiger partial charge in [-0.05, 0) is 0 Å². The normalized spacial score (nSPS) is 10.9. The zero-order chi connectivity index (χ0) is 14.1. The van der Waals surface area contributed by atoms with E-state index in [0.717, 1.165) is 0 Å². The van der Waals surface area contributed by atoms with Crippen LogP contribution in [0.3, 0.4) is 0 Å². The quantitative estimate of drug-likeness (QED) is 0.506. The van der Waals surface area contributed by atoms with Gasteiger partial charge in [0.15, 0.2) is 0 Å². The standard InChI is InChI=1S/2C10H7.In/c2*1-2-6-10-8-4-3-7-9(10)5-1;/h2*1-7H;. The van der Waals surface area contributed by atoms with Crippen LogP contribution in [0, 0.1) is 0 Å². The van der Waals surface area contributed by atoms with Crippen molar-refractivity contribution in [1.82, 2.24) is 0 Å². The Kier molecular flexibility index (Phi) is 3.44. The Balaban J connectivity index is 1.87. The molecule has 4 aromatic carbocycles. The zero-order valence-electron chi connectivity index (χ0n) is 11.7. The van der Waals surface area contributed by atoms with E-state index in [-0.39, 0.29) is 0 Å². The molecule has 0 bridgehead atoms. The van der Waals surface area contributed by atoms with Gasteiger partial charge in [-0.15, -0.1) is 0 Å². The molecule has 0 aliphatic rings. The van der Waals surface area contributed by atoms with Gasteiger partial charge in [0, 0.05) is 0 Å². The molecule has 1 heteroatoms. The molecule has 0 spiro atoms. The van der Waals surface area contributed by atoms with Gasteiger partial charge in [0.1, 0.15) is 0 Å².